The van der Waals surface area contributed by atoms with Gasteiger partial charge in [-0.15, -0.1) is 0 Å². The van der Waals surface area contributed by atoms with E-state index in [9.17, 15) is 14.4 Å². The lowest BCUT2D eigenvalue weighted by Crippen LogP contribution is -2.40. The first-order valence-corrected chi connectivity index (χ1v) is 9.65. The van der Waals surface area contributed by atoms with Crippen molar-refractivity contribution < 1.29 is 14.4 Å². The predicted molar refractivity (Wildman–Crippen MR) is 103 cm³/mol. The highest BCUT2D eigenvalue weighted by Gasteiger charge is 2.33. The summed E-state index contributed by atoms with van der Waals surface area (Å²) < 4.78 is 0. The largest absolute Gasteiger partial charge is 0.351 e. The molecule has 2 fully saturated rings. The lowest BCUT2D eigenvalue weighted by Gasteiger charge is -2.21. The molecule has 2 N–H and O–H groups in total. The SMILES string of the molecule is CC(=O)Nc1ccc(CNC(=O)CN2CCCN(C(=O)C3CC3)CC2)cc1. The van der Waals surface area contributed by atoms with Crippen LogP contribution in [0.15, 0.2) is 24.3 Å². The lowest BCUT2D eigenvalue weighted by molar-refractivity contribution is -0.132. The second kappa shape index (κ2) is 8.99. The van der Waals surface area contributed by atoms with Crippen LogP contribution in [0.2, 0.25) is 0 Å². The van der Waals surface area contributed by atoms with Gasteiger partial charge in [0.2, 0.25) is 17.7 Å². The molecule has 0 unspecified atom stereocenters. The summed E-state index contributed by atoms with van der Waals surface area (Å²) in [6, 6.07) is 7.42. The van der Waals surface area contributed by atoms with Gasteiger partial charge in [-0.1, -0.05) is 12.1 Å². The van der Waals surface area contributed by atoms with Gasteiger partial charge in [0, 0.05) is 51.3 Å². The van der Waals surface area contributed by atoms with E-state index < -0.39 is 0 Å². The van der Waals surface area contributed by atoms with Gasteiger partial charge in [-0.25, -0.2) is 0 Å². The second-order valence-corrected chi connectivity index (χ2v) is 7.38. The monoisotopic (exact) mass is 372 g/mol. The molecule has 27 heavy (non-hydrogen) atoms. The molecule has 1 aliphatic carbocycles. The summed E-state index contributed by atoms with van der Waals surface area (Å²) in [5.41, 5.74) is 1.72. The van der Waals surface area contributed by atoms with Crippen molar-refractivity contribution in [2.45, 2.75) is 32.7 Å². The van der Waals surface area contributed by atoms with E-state index in [0.29, 0.717) is 25.5 Å². The van der Waals surface area contributed by atoms with E-state index in [4.69, 9.17) is 0 Å². The normalized spacial score (nSPS) is 17.9. The van der Waals surface area contributed by atoms with Crippen LogP contribution in [0.1, 0.15) is 31.7 Å². The highest BCUT2D eigenvalue weighted by atomic mass is 16.2. The summed E-state index contributed by atoms with van der Waals surface area (Å²) in [7, 11) is 0. The third kappa shape index (κ3) is 6.06. The summed E-state index contributed by atoms with van der Waals surface area (Å²) >= 11 is 0. The lowest BCUT2D eigenvalue weighted by atomic mass is 10.2. The number of nitrogens with one attached hydrogen (secondary N) is 2. The van der Waals surface area contributed by atoms with Crippen LogP contribution >= 0.6 is 0 Å². The minimum atomic E-state index is -0.106. The van der Waals surface area contributed by atoms with Crippen molar-refractivity contribution in [3.63, 3.8) is 0 Å². The van der Waals surface area contributed by atoms with Crippen LogP contribution in [0.25, 0.3) is 0 Å². The van der Waals surface area contributed by atoms with E-state index in [0.717, 1.165) is 50.1 Å². The molecular weight excluding hydrogens is 344 g/mol. The van der Waals surface area contributed by atoms with Crippen molar-refractivity contribution in [2.75, 3.05) is 38.0 Å². The van der Waals surface area contributed by atoms with Gasteiger partial charge in [-0.05, 0) is 37.0 Å². The fraction of sp³-hybridized carbons (Fsp3) is 0.550. The Kier molecular flexibility index (Phi) is 6.45. The van der Waals surface area contributed by atoms with E-state index in [-0.39, 0.29) is 17.7 Å². The fourth-order valence-corrected chi connectivity index (χ4v) is 3.31. The third-order valence-electron chi connectivity index (χ3n) is 4.96. The maximum atomic E-state index is 12.3. The maximum absolute atomic E-state index is 12.3. The van der Waals surface area contributed by atoms with E-state index in [1.807, 2.05) is 29.2 Å². The first kappa shape index (κ1) is 19.4. The average molecular weight is 372 g/mol. The molecule has 1 saturated carbocycles. The Morgan fingerprint density at radius 2 is 1.78 bits per heavy atom. The summed E-state index contributed by atoms with van der Waals surface area (Å²) in [6.45, 7) is 5.39. The van der Waals surface area contributed by atoms with Crippen molar-refractivity contribution >= 4 is 23.4 Å². The van der Waals surface area contributed by atoms with Crippen LogP contribution < -0.4 is 10.6 Å². The smallest absolute Gasteiger partial charge is 0.234 e. The van der Waals surface area contributed by atoms with Gasteiger partial charge in [0.15, 0.2) is 0 Å². The van der Waals surface area contributed by atoms with Crippen molar-refractivity contribution in [3.8, 4) is 0 Å². The standard InChI is InChI=1S/C20H28N4O3/c1-15(25)22-18-7-3-16(4-8-18)13-21-19(26)14-23-9-2-10-24(12-11-23)20(27)17-5-6-17/h3-4,7-8,17H,2,5-6,9-14H2,1H3,(H,21,26)(H,22,25). The fourth-order valence-electron chi connectivity index (χ4n) is 3.31. The van der Waals surface area contributed by atoms with Gasteiger partial charge in [-0.2, -0.15) is 0 Å². The highest BCUT2D eigenvalue weighted by molar-refractivity contribution is 5.88. The van der Waals surface area contributed by atoms with Crippen LogP contribution in [-0.2, 0) is 20.9 Å². The molecule has 3 amide bonds. The zero-order valence-corrected chi connectivity index (χ0v) is 15.9. The molecule has 1 aromatic carbocycles. The Balaban J connectivity index is 1.39. The molecule has 3 rings (SSSR count). The van der Waals surface area contributed by atoms with Gasteiger partial charge in [-0.3, -0.25) is 19.3 Å². The summed E-state index contributed by atoms with van der Waals surface area (Å²) in [6.07, 6.45) is 2.98. The van der Waals surface area contributed by atoms with Crippen molar-refractivity contribution in [1.29, 1.82) is 0 Å². The van der Waals surface area contributed by atoms with E-state index >= 15 is 0 Å². The average Bonchev–Trinajstić information content (AvgIpc) is 3.48. The predicted octanol–water partition coefficient (Wildman–Crippen LogP) is 1.21. The number of anilines is 1. The Hall–Kier alpha value is -2.41. The Labute approximate surface area is 160 Å². The summed E-state index contributed by atoms with van der Waals surface area (Å²) in [5, 5.41) is 5.66. The van der Waals surface area contributed by atoms with Gasteiger partial charge in [0.05, 0.1) is 6.54 Å². The van der Waals surface area contributed by atoms with Gasteiger partial charge in [0.25, 0.3) is 0 Å². The third-order valence-corrected chi connectivity index (χ3v) is 4.96. The molecule has 1 saturated heterocycles. The molecule has 0 radical (unpaired) electrons. The molecule has 1 aromatic rings. The van der Waals surface area contributed by atoms with Crippen LogP contribution in [-0.4, -0.2) is 60.2 Å². The number of benzene rings is 1. The zero-order valence-electron chi connectivity index (χ0n) is 15.9. The maximum Gasteiger partial charge on any atom is 0.234 e. The number of hydrogen-bond acceptors (Lipinski definition) is 4. The Bertz CT molecular complexity index is 685. The molecule has 7 nitrogen and oxygen atoms in total. The van der Waals surface area contributed by atoms with Crippen LogP contribution in [0.3, 0.4) is 0 Å². The first-order valence-electron chi connectivity index (χ1n) is 9.65. The molecule has 146 valence electrons. The van der Waals surface area contributed by atoms with Gasteiger partial charge < -0.3 is 15.5 Å². The minimum Gasteiger partial charge on any atom is -0.351 e. The number of hydrogen-bond donors (Lipinski definition) is 2. The number of carbonyl (C=O) groups is 3. The van der Waals surface area contributed by atoms with Crippen molar-refractivity contribution in [2.24, 2.45) is 5.92 Å². The molecule has 2 aliphatic rings. The van der Waals surface area contributed by atoms with E-state index in [2.05, 4.69) is 15.5 Å². The topological polar surface area (TPSA) is 81.8 Å². The van der Waals surface area contributed by atoms with Crippen molar-refractivity contribution in [1.82, 2.24) is 15.1 Å². The van der Waals surface area contributed by atoms with Crippen LogP contribution in [0, 0.1) is 5.92 Å². The number of amides is 3. The molecule has 0 bridgehead atoms. The van der Waals surface area contributed by atoms with Gasteiger partial charge >= 0.3 is 0 Å². The second-order valence-electron chi connectivity index (χ2n) is 7.38. The quantitative estimate of drug-likeness (QED) is 0.786. The van der Waals surface area contributed by atoms with Crippen LogP contribution in [0.5, 0.6) is 0 Å². The van der Waals surface area contributed by atoms with Crippen molar-refractivity contribution in [3.05, 3.63) is 29.8 Å². The molecule has 7 heteroatoms. The minimum absolute atomic E-state index is 0.0112. The molecule has 1 heterocycles. The zero-order chi connectivity index (χ0) is 19.2. The first-order chi connectivity index (χ1) is 13.0. The molecule has 1 aliphatic heterocycles. The number of rotatable bonds is 6. The summed E-state index contributed by atoms with van der Waals surface area (Å²) in [4.78, 5) is 39.6. The van der Waals surface area contributed by atoms with E-state index in [1.54, 1.807) is 0 Å². The van der Waals surface area contributed by atoms with E-state index in [1.165, 1.54) is 6.92 Å². The molecular formula is C20H28N4O3. The Morgan fingerprint density at radius 3 is 2.44 bits per heavy atom. The number of nitrogens with zero attached hydrogens (tertiary/aromatic N) is 2. The number of carbonyl (C=O) groups excluding carboxylic acids is 3. The molecule has 0 spiro atoms. The summed E-state index contributed by atoms with van der Waals surface area (Å²) in [5.74, 6) is 0.440. The van der Waals surface area contributed by atoms with Crippen LogP contribution in [0.4, 0.5) is 5.69 Å². The van der Waals surface area contributed by atoms with Gasteiger partial charge in [0.1, 0.15) is 0 Å². The molecule has 0 aromatic heterocycles. The Morgan fingerprint density at radius 1 is 1.04 bits per heavy atom. The molecule has 0 atom stereocenters. The highest BCUT2D eigenvalue weighted by Crippen LogP contribution is 2.31.